The van der Waals surface area contributed by atoms with Gasteiger partial charge in [-0.15, -0.1) is 0 Å². The second-order valence-electron chi connectivity index (χ2n) is 3.25. The zero-order valence-electron chi connectivity index (χ0n) is 9.05. The van der Waals surface area contributed by atoms with E-state index in [0.717, 1.165) is 12.1 Å². The number of amides is 1. The number of benzene rings is 1. The van der Waals surface area contributed by atoms with E-state index in [1.807, 2.05) is 0 Å². The Bertz CT molecular complexity index is 451. The van der Waals surface area contributed by atoms with Gasteiger partial charge in [-0.3, -0.25) is 4.79 Å². The monoisotopic (exact) mass is 287 g/mol. The summed E-state index contributed by atoms with van der Waals surface area (Å²) in [5, 5.41) is 1.41. The van der Waals surface area contributed by atoms with Crippen molar-refractivity contribution in [1.82, 2.24) is 0 Å². The lowest BCUT2D eigenvalue weighted by molar-refractivity contribution is -0.163. The van der Waals surface area contributed by atoms with E-state index < -0.39 is 36.3 Å². The van der Waals surface area contributed by atoms with Gasteiger partial charge in [0.15, 0.2) is 0 Å². The molecule has 1 aromatic carbocycles. The van der Waals surface area contributed by atoms with Crippen LogP contribution in [0.15, 0.2) is 24.3 Å². The van der Waals surface area contributed by atoms with Gasteiger partial charge in [0.25, 0.3) is 0 Å². The van der Waals surface area contributed by atoms with E-state index in [1.54, 1.807) is 0 Å². The summed E-state index contributed by atoms with van der Waals surface area (Å²) in [4.78, 5) is 10.9. The molecule has 0 bridgehead atoms. The van der Waals surface area contributed by atoms with Crippen molar-refractivity contribution in [1.29, 1.82) is 0 Å². The highest BCUT2D eigenvalue weighted by atomic mass is 19.3. The summed E-state index contributed by atoms with van der Waals surface area (Å²) in [7, 11) is 0. The Hall–Kier alpha value is -1.93. The van der Waals surface area contributed by atoms with Crippen molar-refractivity contribution in [3.63, 3.8) is 0 Å². The van der Waals surface area contributed by atoms with E-state index in [1.165, 1.54) is 17.4 Å². The first kappa shape index (κ1) is 15.1. The number of rotatable bonds is 5. The Morgan fingerprint density at radius 3 is 2.26 bits per heavy atom. The second kappa shape index (κ2) is 5.81. The number of ether oxygens (including phenoxy) is 1. The van der Waals surface area contributed by atoms with Gasteiger partial charge in [-0.25, -0.2) is 8.78 Å². The number of carbonyl (C=O) groups is 1. The molecule has 3 nitrogen and oxygen atoms in total. The van der Waals surface area contributed by atoms with E-state index >= 15 is 0 Å². The maximum Gasteiger partial charge on any atom is 0.387 e. The highest BCUT2D eigenvalue weighted by molar-refractivity contribution is 5.97. The molecule has 0 atom stereocenters. The molecule has 0 saturated carbocycles. The number of hydrogen-bond acceptors (Lipinski definition) is 2. The van der Waals surface area contributed by atoms with E-state index in [-0.39, 0.29) is 0 Å². The molecular weight excluding hydrogens is 280 g/mol. The van der Waals surface area contributed by atoms with Gasteiger partial charge in [-0.2, -0.15) is 17.6 Å². The Morgan fingerprint density at radius 2 is 1.74 bits per heavy atom. The third-order valence-electron chi connectivity index (χ3n) is 1.93. The fraction of sp³-hybridized carbons (Fsp3) is 0.300. The maximum atomic E-state index is 12.7. The first-order valence-corrected chi connectivity index (χ1v) is 4.76. The molecule has 1 amide bonds. The van der Waals surface area contributed by atoms with Crippen molar-refractivity contribution in [3.05, 3.63) is 24.3 Å². The van der Waals surface area contributed by atoms with Gasteiger partial charge < -0.3 is 10.1 Å². The van der Waals surface area contributed by atoms with Crippen LogP contribution in [0, 0.1) is 0 Å². The van der Waals surface area contributed by atoms with Crippen LogP contribution < -0.4 is 10.1 Å². The quantitative estimate of drug-likeness (QED) is 0.845. The average molecular weight is 287 g/mol. The van der Waals surface area contributed by atoms with E-state index in [0.29, 0.717) is 0 Å². The lowest BCUT2D eigenvalue weighted by Gasteiger charge is -2.16. The number of hydrogen-bond donors (Lipinski definition) is 1. The zero-order chi connectivity index (χ0) is 14.6. The summed E-state index contributed by atoms with van der Waals surface area (Å²) in [6, 6.07) is 4.37. The maximum absolute atomic E-state index is 12.7. The summed E-state index contributed by atoms with van der Waals surface area (Å²) in [5.74, 6) is -7.86. The largest absolute Gasteiger partial charge is 0.433 e. The molecule has 19 heavy (non-hydrogen) atoms. The number of carbonyl (C=O) groups excluding carboxylic acids is 1. The van der Waals surface area contributed by atoms with Crippen LogP contribution in [0.25, 0.3) is 0 Å². The molecule has 0 saturated heterocycles. The topological polar surface area (TPSA) is 38.3 Å². The predicted octanol–water partition coefficient (Wildman–Crippen LogP) is 3.13. The molecule has 106 valence electrons. The van der Waals surface area contributed by atoms with Crippen LogP contribution in [-0.4, -0.2) is 24.9 Å². The van der Waals surface area contributed by atoms with Gasteiger partial charge in [0.05, 0.1) is 5.69 Å². The van der Waals surface area contributed by atoms with Gasteiger partial charge in [0.2, 0.25) is 0 Å². The molecule has 0 aliphatic heterocycles. The molecule has 9 heteroatoms. The Morgan fingerprint density at radius 1 is 1.16 bits per heavy atom. The summed E-state index contributed by atoms with van der Waals surface area (Å²) >= 11 is 0. The molecule has 0 heterocycles. The molecule has 0 aromatic heterocycles. The van der Waals surface area contributed by atoms with Crippen molar-refractivity contribution in [2.24, 2.45) is 0 Å². The molecule has 1 aromatic rings. The van der Waals surface area contributed by atoms with Crippen molar-refractivity contribution < 1.29 is 35.9 Å². The third kappa shape index (κ3) is 3.76. The smallest absolute Gasteiger partial charge is 0.387 e. The highest BCUT2D eigenvalue weighted by Crippen LogP contribution is 2.29. The fourth-order valence-electron chi connectivity index (χ4n) is 1.07. The minimum atomic E-state index is -4.93. The van der Waals surface area contributed by atoms with Crippen LogP contribution in [0.2, 0.25) is 0 Å². The molecule has 0 aliphatic carbocycles. The predicted molar refractivity (Wildman–Crippen MR) is 52.7 cm³/mol. The Balaban J connectivity index is 2.91. The lowest BCUT2D eigenvalue weighted by Crippen LogP contribution is -2.41. The van der Waals surface area contributed by atoms with Crippen molar-refractivity contribution in [2.75, 3.05) is 5.32 Å². The van der Waals surface area contributed by atoms with Crippen LogP contribution in [0.4, 0.5) is 32.0 Å². The standard InChI is InChI=1S/C10H7F6NO2/c11-7(12)10(15,16)8(18)17-5-3-1-2-4-6(5)19-9(13)14/h1-4,7,9H,(H,17,18). The average Bonchev–Trinajstić information content (AvgIpc) is 2.30. The molecule has 1 rings (SSSR count). The lowest BCUT2D eigenvalue weighted by atomic mass is 10.2. The fourth-order valence-corrected chi connectivity index (χ4v) is 1.07. The van der Waals surface area contributed by atoms with Crippen LogP contribution >= 0.6 is 0 Å². The zero-order valence-corrected chi connectivity index (χ0v) is 9.05. The van der Waals surface area contributed by atoms with Gasteiger partial charge >= 0.3 is 24.9 Å². The summed E-state index contributed by atoms with van der Waals surface area (Å²) in [5.41, 5.74) is -0.562. The second-order valence-corrected chi connectivity index (χ2v) is 3.25. The van der Waals surface area contributed by atoms with E-state index in [4.69, 9.17) is 0 Å². The molecule has 0 radical (unpaired) electrons. The normalized spacial score (nSPS) is 11.8. The minimum Gasteiger partial charge on any atom is -0.433 e. The van der Waals surface area contributed by atoms with Crippen LogP contribution in [0.3, 0.4) is 0 Å². The van der Waals surface area contributed by atoms with Crippen molar-refractivity contribution in [3.8, 4) is 5.75 Å². The van der Waals surface area contributed by atoms with Gasteiger partial charge in [-0.1, -0.05) is 12.1 Å². The Kier molecular flexibility index (Phi) is 4.62. The van der Waals surface area contributed by atoms with Crippen LogP contribution in [0.5, 0.6) is 5.75 Å². The SMILES string of the molecule is O=C(Nc1ccccc1OC(F)F)C(F)(F)C(F)F. The first-order valence-electron chi connectivity index (χ1n) is 4.76. The summed E-state index contributed by atoms with van der Waals surface area (Å²) < 4.78 is 77.1. The first-order chi connectivity index (χ1) is 8.75. The number of halogens is 6. The van der Waals surface area contributed by atoms with Crippen LogP contribution in [-0.2, 0) is 4.79 Å². The van der Waals surface area contributed by atoms with Gasteiger partial charge in [0, 0.05) is 0 Å². The minimum absolute atomic E-state index is 0.562. The molecule has 0 unspecified atom stereocenters. The van der Waals surface area contributed by atoms with E-state index in [9.17, 15) is 31.1 Å². The van der Waals surface area contributed by atoms with Crippen molar-refractivity contribution in [2.45, 2.75) is 19.0 Å². The number of anilines is 1. The number of nitrogens with one attached hydrogen (secondary N) is 1. The molecule has 0 spiro atoms. The Labute approximate surface area is 103 Å². The summed E-state index contributed by atoms with van der Waals surface area (Å²) in [6.45, 7) is -3.26. The van der Waals surface area contributed by atoms with Crippen molar-refractivity contribution >= 4 is 11.6 Å². The number of alkyl halides is 6. The molecule has 1 N–H and O–H groups in total. The summed E-state index contributed by atoms with van der Waals surface area (Å²) in [6.07, 6.45) is -4.21. The third-order valence-corrected chi connectivity index (χ3v) is 1.93. The highest BCUT2D eigenvalue weighted by Gasteiger charge is 2.49. The van der Waals surface area contributed by atoms with E-state index in [2.05, 4.69) is 4.74 Å². The number of para-hydroxylation sites is 2. The molecule has 0 fully saturated rings. The molecular formula is C10H7F6NO2. The van der Waals surface area contributed by atoms with Gasteiger partial charge in [0.1, 0.15) is 5.75 Å². The van der Waals surface area contributed by atoms with Gasteiger partial charge in [-0.05, 0) is 12.1 Å². The van der Waals surface area contributed by atoms with Crippen LogP contribution in [0.1, 0.15) is 0 Å². The molecule has 0 aliphatic rings.